The Morgan fingerprint density at radius 2 is 2.00 bits per heavy atom. The second-order valence-electron chi connectivity index (χ2n) is 4.60. The maximum atomic E-state index is 10.8. The van der Waals surface area contributed by atoms with Gasteiger partial charge in [0.05, 0.1) is 19.1 Å². The van der Waals surface area contributed by atoms with E-state index in [9.17, 15) is 4.79 Å². The number of rotatable bonds is 5. The van der Waals surface area contributed by atoms with Gasteiger partial charge in [0.15, 0.2) is 0 Å². The Kier molecular flexibility index (Phi) is 4.15. The lowest BCUT2D eigenvalue weighted by Crippen LogP contribution is -2.04. The third-order valence-corrected chi connectivity index (χ3v) is 4.17. The number of ether oxygens (including phenoxy) is 1. The highest BCUT2D eigenvalue weighted by atomic mass is 35.5. The zero-order valence-corrected chi connectivity index (χ0v) is 11.4. The molecule has 0 radical (unpaired) electrons. The number of hydrogen-bond donors (Lipinski definition) is 1. The summed E-state index contributed by atoms with van der Waals surface area (Å²) in [6.45, 7) is 2.67. The number of aliphatic carboxylic acids is 1. The highest BCUT2D eigenvalue weighted by Gasteiger charge is 2.51. The summed E-state index contributed by atoms with van der Waals surface area (Å²) in [6, 6.07) is 5.29. The van der Waals surface area contributed by atoms with Crippen molar-refractivity contribution in [2.45, 2.75) is 13.5 Å². The molecule has 1 aliphatic carbocycles. The molecule has 0 heterocycles. The maximum absolute atomic E-state index is 10.8. The number of carboxylic acid groups (broad SMARTS) is 1. The maximum Gasteiger partial charge on any atom is 0.307 e. The van der Waals surface area contributed by atoms with Gasteiger partial charge in [-0.3, -0.25) is 4.79 Å². The molecule has 1 aromatic rings. The van der Waals surface area contributed by atoms with Gasteiger partial charge >= 0.3 is 5.97 Å². The number of carboxylic acids is 1. The van der Waals surface area contributed by atoms with Gasteiger partial charge in [-0.15, -0.1) is 0 Å². The minimum atomic E-state index is -0.744. The molecule has 0 spiro atoms. The van der Waals surface area contributed by atoms with Gasteiger partial charge in [0, 0.05) is 15.6 Å². The van der Waals surface area contributed by atoms with Gasteiger partial charge < -0.3 is 9.84 Å². The van der Waals surface area contributed by atoms with Crippen LogP contribution in [-0.4, -0.2) is 17.7 Å². The van der Waals surface area contributed by atoms with Gasteiger partial charge in [0.2, 0.25) is 0 Å². The predicted octanol–water partition coefficient (Wildman–Crippen LogP) is 3.48. The number of benzene rings is 1. The van der Waals surface area contributed by atoms with Crippen LogP contribution in [-0.2, 0) is 16.1 Å². The molecular formula is C13H14Cl2O3. The Morgan fingerprint density at radius 3 is 2.50 bits per heavy atom. The summed E-state index contributed by atoms with van der Waals surface area (Å²) in [5, 5.41) is 10.0. The van der Waals surface area contributed by atoms with Crippen LogP contribution >= 0.6 is 23.2 Å². The van der Waals surface area contributed by atoms with Crippen LogP contribution in [0.15, 0.2) is 18.2 Å². The van der Waals surface area contributed by atoms with Crippen molar-refractivity contribution in [2.24, 2.45) is 17.8 Å². The molecule has 1 saturated carbocycles. The standard InChI is InChI=1S/C13H14Cl2O3/c1-7-8(12(7)13(16)17)5-18-6-9-10(14)3-2-4-11(9)15/h2-4,7-8,12H,5-6H2,1H3,(H,16,17). The first-order valence-electron chi connectivity index (χ1n) is 5.75. The minimum absolute atomic E-state index is 0.101. The van der Waals surface area contributed by atoms with Crippen molar-refractivity contribution in [3.05, 3.63) is 33.8 Å². The van der Waals surface area contributed by atoms with Gasteiger partial charge in [-0.1, -0.05) is 36.2 Å². The first-order chi connectivity index (χ1) is 8.52. The predicted molar refractivity (Wildman–Crippen MR) is 69.9 cm³/mol. The molecule has 1 aromatic carbocycles. The van der Waals surface area contributed by atoms with Crippen molar-refractivity contribution in [2.75, 3.05) is 6.61 Å². The normalized spacial score (nSPS) is 26.1. The van der Waals surface area contributed by atoms with Gasteiger partial charge in [-0.05, 0) is 24.0 Å². The smallest absolute Gasteiger partial charge is 0.307 e. The molecule has 0 saturated heterocycles. The van der Waals surface area contributed by atoms with Crippen LogP contribution in [0, 0.1) is 17.8 Å². The van der Waals surface area contributed by atoms with E-state index in [1.165, 1.54) is 0 Å². The first-order valence-corrected chi connectivity index (χ1v) is 6.51. The lowest BCUT2D eigenvalue weighted by molar-refractivity contribution is -0.139. The SMILES string of the molecule is CC1C(COCc2c(Cl)cccc2Cl)C1C(=O)O. The molecule has 2 rings (SSSR count). The molecule has 3 unspecified atom stereocenters. The van der Waals surface area contributed by atoms with Gasteiger partial charge in [0.25, 0.3) is 0 Å². The largest absolute Gasteiger partial charge is 0.481 e. The van der Waals surface area contributed by atoms with E-state index in [4.69, 9.17) is 33.0 Å². The van der Waals surface area contributed by atoms with Crippen molar-refractivity contribution in [1.29, 1.82) is 0 Å². The Hall–Kier alpha value is -0.770. The number of halogens is 2. The molecule has 0 aromatic heterocycles. The highest BCUT2D eigenvalue weighted by Crippen LogP contribution is 2.46. The van der Waals surface area contributed by atoms with E-state index in [0.717, 1.165) is 5.56 Å². The Balaban J connectivity index is 1.85. The topological polar surface area (TPSA) is 46.5 Å². The molecule has 1 fully saturated rings. The van der Waals surface area contributed by atoms with Crippen LogP contribution in [0.3, 0.4) is 0 Å². The molecule has 0 bridgehead atoms. The minimum Gasteiger partial charge on any atom is -0.481 e. The average molecular weight is 289 g/mol. The van der Waals surface area contributed by atoms with Gasteiger partial charge in [-0.25, -0.2) is 0 Å². The van der Waals surface area contributed by atoms with E-state index >= 15 is 0 Å². The Labute approximate surface area is 116 Å². The lowest BCUT2D eigenvalue weighted by atomic mass is 10.2. The molecular weight excluding hydrogens is 275 g/mol. The zero-order chi connectivity index (χ0) is 13.3. The summed E-state index contributed by atoms with van der Waals surface area (Å²) in [5.74, 6) is -0.730. The van der Waals surface area contributed by atoms with Gasteiger partial charge in [0.1, 0.15) is 0 Å². The fourth-order valence-corrected chi connectivity index (χ4v) is 2.68. The fourth-order valence-electron chi connectivity index (χ4n) is 2.18. The Bertz CT molecular complexity index is 441. The monoisotopic (exact) mass is 288 g/mol. The molecule has 5 heteroatoms. The van der Waals surface area contributed by atoms with E-state index in [2.05, 4.69) is 0 Å². The Morgan fingerprint density at radius 1 is 1.39 bits per heavy atom. The molecule has 1 N–H and O–H groups in total. The van der Waals surface area contributed by atoms with Crippen LogP contribution in [0.25, 0.3) is 0 Å². The molecule has 3 atom stereocenters. The van der Waals surface area contributed by atoms with E-state index in [0.29, 0.717) is 23.3 Å². The summed E-state index contributed by atoms with van der Waals surface area (Å²) in [7, 11) is 0. The van der Waals surface area contributed by atoms with Gasteiger partial charge in [-0.2, -0.15) is 0 Å². The van der Waals surface area contributed by atoms with E-state index in [1.807, 2.05) is 6.92 Å². The van der Waals surface area contributed by atoms with Crippen molar-refractivity contribution >= 4 is 29.2 Å². The van der Waals surface area contributed by atoms with Crippen molar-refractivity contribution in [3.8, 4) is 0 Å². The summed E-state index contributed by atoms with van der Waals surface area (Å²) in [6.07, 6.45) is 0. The third kappa shape index (κ3) is 2.79. The summed E-state index contributed by atoms with van der Waals surface area (Å²) < 4.78 is 5.52. The average Bonchev–Trinajstić information content (AvgIpc) is 2.93. The quantitative estimate of drug-likeness (QED) is 0.902. The second-order valence-corrected chi connectivity index (χ2v) is 5.42. The van der Waals surface area contributed by atoms with E-state index in [1.54, 1.807) is 18.2 Å². The molecule has 3 nitrogen and oxygen atoms in total. The molecule has 0 aliphatic heterocycles. The van der Waals surface area contributed by atoms with Crippen LogP contribution in [0.1, 0.15) is 12.5 Å². The lowest BCUT2D eigenvalue weighted by Gasteiger charge is -2.07. The third-order valence-electron chi connectivity index (χ3n) is 3.47. The van der Waals surface area contributed by atoms with Crippen LogP contribution < -0.4 is 0 Å². The van der Waals surface area contributed by atoms with E-state index < -0.39 is 5.97 Å². The molecule has 0 amide bonds. The van der Waals surface area contributed by atoms with Crippen LogP contribution in [0.2, 0.25) is 10.0 Å². The summed E-state index contributed by atoms with van der Waals surface area (Å²) >= 11 is 12.0. The van der Waals surface area contributed by atoms with Crippen LogP contribution in [0.5, 0.6) is 0 Å². The molecule has 1 aliphatic rings. The molecule has 18 heavy (non-hydrogen) atoms. The highest BCUT2D eigenvalue weighted by molar-refractivity contribution is 6.35. The van der Waals surface area contributed by atoms with E-state index in [-0.39, 0.29) is 17.8 Å². The van der Waals surface area contributed by atoms with Crippen molar-refractivity contribution in [1.82, 2.24) is 0 Å². The number of carbonyl (C=O) groups is 1. The summed E-state index contributed by atoms with van der Waals surface area (Å²) in [4.78, 5) is 10.8. The zero-order valence-electron chi connectivity index (χ0n) is 9.90. The second kappa shape index (κ2) is 5.47. The number of hydrogen-bond acceptors (Lipinski definition) is 2. The first kappa shape index (κ1) is 13.7. The van der Waals surface area contributed by atoms with Crippen LogP contribution in [0.4, 0.5) is 0 Å². The fraction of sp³-hybridized carbons (Fsp3) is 0.462. The molecule has 98 valence electrons. The van der Waals surface area contributed by atoms with Crippen molar-refractivity contribution < 1.29 is 14.6 Å². The van der Waals surface area contributed by atoms with Crippen molar-refractivity contribution in [3.63, 3.8) is 0 Å². The summed E-state index contributed by atoms with van der Waals surface area (Å²) in [5.41, 5.74) is 0.751.